The molecule has 58 valence electrons. The molecule has 0 rings (SSSR count). The number of esters is 1. The summed E-state index contributed by atoms with van der Waals surface area (Å²) < 4.78 is 4.40. The molecule has 0 saturated carbocycles. The van der Waals surface area contributed by atoms with Gasteiger partial charge in [-0.05, 0) is 6.92 Å². The van der Waals surface area contributed by atoms with Crippen molar-refractivity contribution in [3.8, 4) is 0 Å². The molecule has 0 aliphatic rings. The van der Waals surface area contributed by atoms with E-state index >= 15 is 0 Å². The SMILES string of the molecule is CC=CCNCC(=O)OC. The lowest BCUT2D eigenvalue weighted by Crippen LogP contribution is -2.23. The first-order chi connectivity index (χ1) is 4.81. The minimum absolute atomic E-state index is 0.232. The molecule has 0 aliphatic carbocycles. The summed E-state index contributed by atoms with van der Waals surface area (Å²) >= 11 is 0. The number of carbonyl (C=O) groups excluding carboxylic acids is 1. The van der Waals surface area contributed by atoms with Crippen LogP contribution in [0.3, 0.4) is 0 Å². The van der Waals surface area contributed by atoms with E-state index in [1.54, 1.807) is 0 Å². The van der Waals surface area contributed by atoms with Gasteiger partial charge >= 0.3 is 5.97 Å². The Hall–Kier alpha value is -0.830. The molecule has 10 heavy (non-hydrogen) atoms. The van der Waals surface area contributed by atoms with E-state index in [-0.39, 0.29) is 12.5 Å². The van der Waals surface area contributed by atoms with Gasteiger partial charge in [-0.25, -0.2) is 0 Å². The van der Waals surface area contributed by atoms with Gasteiger partial charge in [0.2, 0.25) is 0 Å². The van der Waals surface area contributed by atoms with Crippen LogP contribution in [-0.4, -0.2) is 26.2 Å². The quantitative estimate of drug-likeness (QED) is 0.350. The topological polar surface area (TPSA) is 38.3 Å². The predicted molar refractivity (Wildman–Crippen MR) is 39.7 cm³/mol. The Balaban J connectivity index is 3.11. The minimum atomic E-state index is -0.232. The van der Waals surface area contributed by atoms with Gasteiger partial charge in [0.15, 0.2) is 0 Å². The molecule has 0 aromatic rings. The molecule has 3 nitrogen and oxygen atoms in total. The van der Waals surface area contributed by atoms with Crippen molar-refractivity contribution in [2.45, 2.75) is 6.92 Å². The van der Waals surface area contributed by atoms with Crippen LogP contribution in [0.4, 0.5) is 0 Å². The summed E-state index contributed by atoms with van der Waals surface area (Å²) in [6.45, 7) is 2.92. The summed E-state index contributed by atoms with van der Waals surface area (Å²) in [6, 6.07) is 0. The zero-order valence-corrected chi connectivity index (χ0v) is 6.39. The summed E-state index contributed by atoms with van der Waals surface area (Å²) in [5, 5.41) is 2.88. The zero-order chi connectivity index (χ0) is 7.82. The second kappa shape index (κ2) is 6.29. The summed E-state index contributed by atoms with van der Waals surface area (Å²) in [5.74, 6) is -0.232. The Bertz CT molecular complexity index is 121. The highest BCUT2D eigenvalue weighted by Gasteiger charge is 1.94. The highest BCUT2D eigenvalue weighted by atomic mass is 16.5. The van der Waals surface area contributed by atoms with Crippen molar-refractivity contribution in [2.75, 3.05) is 20.2 Å². The molecular formula is C7H13NO2. The van der Waals surface area contributed by atoms with Crippen LogP contribution in [0.25, 0.3) is 0 Å². The van der Waals surface area contributed by atoms with E-state index in [0.717, 1.165) is 0 Å². The van der Waals surface area contributed by atoms with E-state index in [0.29, 0.717) is 6.54 Å². The van der Waals surface area contributed by atoms with Crippen LogP contribution >= 0.6 is 0 Å². The van der Waals surface area contributed by atoms with Gasteiger partial charge in [0, 0.05) is 6.54 Å². The summed E-state index contributed by atoms with van der Waals surface area (Å²) in [6.07, 6.45) is 3.85. The van der Waals surface area contributed by atoms with Gasteiger partial charge in [0.1, 0.15) is 0 Å². The third-order valence-corrected chi connectivity index (χ3v) is 0.995. The van der Waals surface area contributed by atoms with Crippen LogP contribution in [0.2, 0.25) is 0 Å². The number of rotatable bonds is 4. The Kier molecular flexibility index (Phi) is 5.77. The van der Waals surface area contributed by atoms with Gasteiger partial charge in [-0.15, -0.1) is 0 Å². The first-order valence-electron chi connectivity index (χ1n) is 3.20. The Morgan fingerprint density at radius 3 is 2.90 bits per heavy atom. The maximum atomic E-state index is 10.5. The van der Waals surface area contributed by atoms with Crippen molar-refractivity contribution >= 4 is 5.97 Å². The molecule has 0 amide bonds. The second-order valence-corrected chi connectivity index (χ2v) is 1.78. The molecule has 0 aromatic carbocycles. The fraction of sp³-hybridized carbons (Fsp3) is 0.571. The largest absolute Gasteiger partial charge is 0.468 e. The van der Waals surface area contributed by atoms with E-state index in [1.807, 2.05) is 19.1 Å². The molecule has 3 heteroatoms. The first kappa shape index (κ1) is 9.17. The van der Waals surface area contributed by atoms with Crippen molar-refractivity contribution in [3.63, 3.8) is 0 Å². The van der Waals surface area contributed by atoms with Crippen LogP contribution < -0.4 is 5.32 Å². The molecule has 0 aliphatic heterocycles. The van der Waals surface area contributed by atoms with Crippen molar-refractivity contribution < 1.29 is 9.53 Å². The molecule has 0 spiro atoms. The van der Waals surface area contributed by atoms with Gasteiger partial charge in [-0.3, -0.25) is 4.79 Å². The Morgan fingerprint density at radius 2 is 2.40 bits per heavy atom. The maximum Gasteiger partial charge on any atom is 0.319 e. The van der Waals surface area contributed by atoms with Gasteiger partial charge in [-0.2, -0.15) is 0 Å². The number of hydrogen-bond donors (Lipinski definition) is 1. The average Bonchev–Trinajstić information content (AvgIpc) is 1.98. The molecule has 0 saturated heterocycles. The van der Waals surface area contributed by atoms with Gasteiger partial charge < -0.3 is 10.1 Å². The van der Waals surface area contributed by atoms with Crippen LogP contribution in [-0.2, 0) is 9.53 Å². The average molecular weight is 143 g/mol. The Morgan fingerprint density at radius 1 is 1.70 bits per heavy atom. The summed E-state index contributed by atoms with van der Waals surface area (Å²) in [7, 11) is 1.37. The molecule has 0 radical (unpaired) electrons. The molecule has 0 atom stereocenters. The smallest absolute Gasteiger partial charge is 0.319 e. The van der Waals surface area contributed by atoms with E-state index in [9.17, 15) is 4.79 Å². The number of carbonyl (C=O) groups is 1. The van der Waals surface area contributed by atoms with Crippen molar-refractivity contribution in [3.05, 3.63) is 12.2 Å². The first-order valence-corrected chi connectivity index (χ1v) is 3.20. The molecule has 0 fully saturated rings. The minimum Gasteiger partial charge on any atom is -0.468 e. The summed E-state index contributed by atoms with van der Waals surface area (Å²) in [4.78, 5) is 10.5. The van der Waals surface area contributed by atoms with E-state index in [2.05, 4.69) is 10.1 Å². The highest BCUT2D eigenvalue weighted by molar-refractivity contribution is 5.71. The number of methoxy groups -OCH3 is 1. The number of hydrogen-bond acceptors (Lipinski definition) is 3. The lowest BCUT2D eigenvalue weighted by molar-refractivity contribution is -0.139. The fourth-order valence-corrected chi connectivity index (χ4v) is 0.448. The van der Waals surface area contributed by atoms with Crippen LogP contribution in [0, 0.1) is 0 Å². The highest BCUT2D eigenvalue weighted by Crippen LogP contribution is 1.70. The number of allylic oxidation sites excluding steroid dienone is 1. The normalized spacial score (nSPS) is 10.2. The standard InChI is InChI=1S/C7H13NO2/c1-3-4-5-8-6-7(9)10-2/h3-4,8H,5-6H2,1-2H3. The zero-order valence-electron chi connectivity index (χ0n) is 6.39. The lowest BCUT2D eigenvalue weighted by atomic mass is 10.5. The third kappa shape index (κ3) is 5.31. The molecule has 0 heterocycles. The Labute approximate surface area is 61.1 Å². The van der Waals surface area contributed by atoms with Crippen LogP contribution in [0.15, 0.2) is 12.2 Å². The van der Waals surface area contributed by atoms with Gasteiger partial charge in [0.05, 0.1) is 13.7 Å². The predicted octanol–water partition coefficient (Wildman–Crippen LogP) is 0.325. The van der Waals surface area contributed by atoms with E-state index in [1.165, 1.54) is 7.11 Å². The third-order valence-electron chi connectivity index (χ3n) is 0.995. The molecule has 0 bridgehead atoms. The van der Waals surface area contributed by atoms with Gasteiger partial charge in [0.25, 0.3) is 0 Å². The van der Waals surface area contributed by atoms with Gasteiger partial charge in [-0.1, -0.05) is 12.2 Å². The summed E-state index contributed by atoms with van der Waals surface area (Å²) in [5.41, 5.74) is 0. The van der Waals surface area contributed by atoms with E-state index < -0.39 is 0 Å². The molecule has 1 N–H and O–H groups in total. The monoisotopic (exact) mass is 143 g/mol. The van der Waals surface area contributed by atoms with Crippen molar-refractivity contribution in [2.24, 2.45) is 0 Å². The second-order valence-electron chi connectivity index (χ2n) is 1.78. The number of ether oxygens (including phenoxy) is 1. The van der Waals surface area contributed by atoms with Crippen LogP contribution in [0.5, 0.6) is 0 Å². The van der Waals surface area contributed by atoms with Crippen molar-refractivity contribution in [1.29, 1.82) is 0 Å². The van der Waals surface area contributed by atoms with Crippen LogP contribution in [0.1, 0.15) is 6.92 Å². The molecule has 0 unspecified atom stereocenters. The molecule has 0 aromatic heterocycles. The fourth-order valence-electron chi connectivity index (χ4n) is 0.448. The van der Waals surface area contributed by atoms with Crippen molar-refractivity contribution in [1.82, 2.24) is 5.32 Å². The van der Waals surface area contributed by atoms with E-state index in [4.69, 9.17) is 0 Å². The lowest BCUT2D eigenvalue weighted by Gasteiger charge is -1.97. The maximum absolute atomic E-state index is 10.5. The molecular weight excluding hydrogens is 130 g/mol. The number of nitrogens with one attached hydrogen (secondary N) is 1.